The van der Waals surface area contributed by atoms with Gasteiger partial charge in [0.2, 0.25) is 5.91 Å². The second-order valence-electron chi connectivity index (χ2n) is 4.77. The number of carbonyl (C=O) groups is 1. The van der Waals surface area contributed by atoms with Gasteiger partial charge in [0.25, 0.3) is 0 Å². The van der Waals surface area contributed by atoms with Gasteiger partial charge in [0.1, 0.15) is 5.82 Å². The predicted molar refractivity (Wildman–Crippen MR) is 66.9 cm³/mol. The lowest BCUT2D eigenvalue weighted by Crippen LogP contribution is -2.26. The highest BCUT2D eigenvalue weighted by atomic mass is 19.1. The van der Waals surface area contributed by atoms with Crippen LogP contribution >= 0.6 is 0 Å². The maximum absolute atomic E-state index is 13.4. The van der Waals surface area contributed by atoms with Gasteiger partial charge in [0.05, 0.1) is 0 Å². The fourth-order valence-electron chi connectivity index (χ4n) is 1.57. The third kappa shape index (κ3) is 4.55. The summed E-state index contributed by atoms with van der Waals surface area (Å²) in [4.78, 5) is 13.4. The van der Waals surface area contributed by atoms with Crippen molar-refractivity contribution in [2.75, 3.05) is 7.05 Å². The molecular weight excluding hydrogens is 217 g/mol. The molecule has 2 nitrogen and oxygen atoms in total. The second-order valence-corrected chi connectivity index (χ2v) is 4.77. The molecule has 0 radical (unpaired) electrons. The quantitative estimate of drug-likeness (QED) is 0.770. The van der Waals surface area contributed by atoms with E-state index in [2.05, 4.69) is 13.8 Å². The van der Waals surface area contributed by atoms with E-state index in [-0.39, 0.29) is 11.7 Å². The molecule has 0 heterocycles. The Morgan fingerprint density at radius 1 is 1.35 bits per heavy atom. The van der Waals surface area contributed by atoms with Crippen molar-refractivity contribution in [1.82, 2.24) is 4.90 Å². The van der Waals surface area contributed by atoms with Crippen molar-refractivity contribution in [2.24, 2.45) is 5.92 Å². The first-order valence-corrected chi connectivity index (χ1v) is 5.98. The fourth-order valence-corrected chi connectivity index (χ4v) is 1.57. The molecule has 0 aliphatic rings. The third-order valence-corrected chi connectivity index (χ3v) is 2.73. The number of rotatable bonds is 5. The van der Waals surface area contributed by atoms with Gasteiger partial charge in [0.15, 0.2) is 0 Å². The van der Waals surface area contributed by atoms with Crippen molar-refractivity contribution in [1.29, 1.82) is 0 Å². The second kappa shape index (κ2) is 6.38. The molecule has 0 N–H and O–H groups in total. The third-order valence-electron chi connectivity index (χ3n) is 2.73. The van der Waals surface area contributed by atoms with Crippen molar-refractivity contribution in [3.63, 3.8) is 0 Å². The average Bonchev–Trinajstić information content (AvgIpc) is 2.28. The molecule has 0 bridgehead atoms. The molecule has 0 aliphatic carbocycles. The van der Waals surface area contributed by atoms with Gasteiger partial charge < -0.3 is 4.90 Å². The minimum atomic E-state index is -0.254. The number of hydrogen-bond acceptors (Lipinski definition) is 1. The van der Waals surface area contributed by atoms with Gasteiger partial charge in [-0.3, -0.25) is 4.79 Å². The lowest BCUT2D eigenvalue weighted by Gasteiger charge is -2.18. The van der Waals surface area contributed by atoms with Crippen molar-refractivity contribution in [2.45, 2.75) is 33.2 Å². The fraction of sp³-hybridized carbons (Fsp3) is 0.500. The van der Waals surface area contributed by atoms with E-state index in [9.17, 15) is 9.18 Å². The van der Waals surface area contributed by atoms with E-state index < -0.39 is 0 Å². The molecule has 0 unspecified atom stereocenters. The first kappa shape index (κ1) is 13.7. The summed E-state index contributed by atoms with van der Waals surface area (Å²) in [5.74, 6) is 0.332. The number of hydrogen-bond donors (Lipinski definition) is 0. The molecule has 0 aliphatic heterocycles. The van der Waals surface area contributed by atoms with Gasteiger partial charge in [0, 0.05) is 25.6 Å². The zero-order valence-corrected chi connectivity index (χ0v) is 10.7. The largest absolute Gasteiger partial charge is 0.341 e. The van der Waals surface area contributed by atoms with Crippen LogP contribution in [0, 0.1) is 11.7 Å². The highest BCUT2D eigenvalue weighted by Gasteiger charge is 2.11. The van der Waals surface area contributed by atoms with Crippen LogP contribution in [0.25, 0.3) is 0 Å². The van der Waals surface area contributed by atoms with Crippen molar-refractivity contribution in [3.05, 3.63) is 35.6 Å². The Balaban J connectivity index is 2.51. The number of nitrogens with zero attached hydrogens (tertiary/aromatic N) is 1. The monoisotopic (exact) mass is 237 g/mol. The number of benzene rings is 1. The maximum Gasteiger partial charge on any atom is 0.222 e. The minimum absolute atomic E-state index is 0.0713. The van der Waals surface area contributed by atoms with Crippen LogP contribution in [0.5, 0.6) is 0 Å². The molecule has 0 spiro atoms. The highest BCUT2D eigenvalue weighted by Crippen LogP contribution is 2.11. The number of amides is 1. The van der Waals surface area contributed by atoms with E-state index in [0.29, 0.717) is 24.4 Å². The van der Waals surface area contributed by atoms with Crippen LogP contribution in [0.2, 0.25) is 0 Å². The van der Waals surface area contributed by atoms with E-state index in [1.54, 1.807) is 30.1 Å². The SMILES string of the molecule is CC(C)CCC(=O)N(C)Cc1ccccc1F. The molecule has 17 heavy (non-hydrogen) atoms. The van der Waals surface area contributed by atoms with E-state index >= 15 is 0 Å². The highest BCUT2D eigenvalue weighted by molar-refractivity contribution is 5.75. The van der Waals surface area contributed by atoms with Gasteiger partial charge in [-0.25, -0.2) is 4.39 Å². The molecule has 1 aromatic rings. The summed E-state index contributed by atoms with van der Waals surface area (Å²) in [6, 6.07) is 6.56. The van der Waals surface area contributed by atoms with Crippen LogP contribution in [0.3, 0.4) is 0 Å². The van der Waals surface area contributed by atoms with Crippen LogP contribution in [0.15, 0.2) is 24.3 Å². The number of carbonyl (C=O) groups excluding carboxylic acids is 1. The summed E-state index contributed by atoms with van der Waals surface area (Å²) in [5.41, 5.74) is 0.563. The molecule has 1 rings (SSSR count). The Kier molecular flexibility index (Phi) is 5.13. The van der Waals surface area contributed by atoms with E-state index in [1.807, 2.05) is 0 Å². The van der Waals surface area contributed by atoms with Crippen molar-refractivity contribution < 1.29 is 9.18 Å². The summed E-state index contributed by atoms with van der Waals surface area (Å²) < 4.78 is 13.4. The van der Waals surface area contributed by atoms with E-state index in [1.165, 1.54) is 6.07 Å². The molecule has 0 fully saturated rings. The first-order chi connectivity index (χ1) is 8.00. The lowest BCUT2D eigenvalue weighted by atomic mass is 10.1. The standard InChI is InChI=1S/C14H20FNO/c1-11(2)8-9-14(17)16(3)10-12-6-4-5-7-13(12)15/h4-7,11H,8-10H2,1-3H3. The molecule has 0 aromatic heterocycles. The molecule has 94 valence electrons. The van der Waals surface area contributed by atoms with Crippen LogP contribution in [-0.2, 0) is 11.3 Å². The van der Waals surface area contributed by atoms with Gasteiger partial charge in [-0.15, -0.1) is 0 Å². The van der Waals surface area contributed by atoms with Gasteiger partial charge in [-0.05, 0) is 18.4 Å². The Bertz CT molecular complexity index is 376. The Morgan fingerprint density at radius 3 is 2.59 bits per heavy atom. The first-order valence-electron chi connectivity index (χ1n) is 5.98. The molecular formula is C14H20FNO. The van der Waals surface area contributed by atoms with E-state index in [0.717, 1.165) is 6.42 Å². The molecule has 1 amide bonds. The summed E-state index contributed by atoms with van der Waals surface area (Å²) in [7, 11) is 1.72. The van der Waals surface area contributed by atoms with Crippen LogP contribution in [0.4, 0.5) is 4.39 Å². The Hall–Kier alpha value is -1.38. The zero-order valence-electron chi connectivity index (χ0n) is 10.7. The lowest BCUT2D eigenvalue weighted by molar-refractivity contribution is -0.130. The average molecular weight is 237 g/mol. The minimum Gasteiger partial charge on any atom is -0.341 e. The Morgan fingerprint density at radius 2 is 2.00 bits per heavy atom. The van der Waals surface area contributed by atoms with Gasteiger partial charge >= 0.3 is 0 Å². The molecule has 3 heteroatoms. The van der Waals surface area contributed by atoms with Crippen LogP contribution in [0.1, 0.15) is 32.3 Å². The molecule has 0 atom stereocenters. The topological polar surface area (TPSA) is 20.3 Å². The van der Waals surface area contributed by atoms with E-state index in [4.69, 9.17) is 0 Å². The van der Waals surface area contributed by atoms with Gasteiger partial charge in [-0.2, -0.15) is 0 Å². The maximum atomic E-state index is 13.4. The predicted octanol–water partition coefficient (Wildman–Crippen LogP) is 3.22. The van der Waals surface area contributed by atoms with Crippen LogP contribution in [-0.4, -0.2) is 17.9 Å². The number of halogens is 1. The van der Waals surface area contributed by atoms with Crippen LogP contribution < -0.4 is 0 Å². The van der Waals surface area contributed by atoms with Crippen molar-refractivity contribution >= 4 is 5.91 Å². The normalized spacial score (nSPS) is 10.6. The molecule has 1 aromatic carbocycles. The van der Waals surface area contributed by atoms with Crippen molar-refractivity contribution in [3.8, 4) is 0 Å². The smallest absolute Gasteiger partial charge is 0.222 e. The van der Waals surface area contributed by atoms with Gasteiger partial charge in [-0.1, -0.05) is 32.0 Å². The summed E-state index contributed by atoms with van der Waals surface area (Å²) >= 11 is 0. The summed E-state index contributed by atoms with van der Waals surface area (Å²) in [6.45, 7) is 4.51. The molecule has 0 saturated carbocycles. The summed E-state index contributed by atoms with van der Waals surface area (Å²) in [5, 5.41) is 0. The summed E-state index contributed by atoms with van der Waals surface area (Å²) in [6.07, 6.45) is 1.41. The zero-order chi connectivity index (χ0) is 12.8. The molecule has 0 saturated heterocycles. The Labute approximate surface area is 102 Å².